The number of halogens is 2. The number of nitrogens with zero attached hydrogens (tertiary/aromatic N) is 2. The minimum Gasteiger partial charge on any atom is -0.460 e. The van der Waals surface area contributed by atoms with Crippen LogP contribution < -0.4 is 5.43 Å². The number of hydrogen-bond acceptors (Lipinski definition) is 4. The van der Waals surface area contributed by atoms with Gasteiger partial charge in [0.15, 0.2) is 0 Å². The molecule has 0 radical (unpaired) electrons. The summed E-state index contributed by atoms with van der Waals surface area (Å²) in [6.45, 7) is 1.86. The molecule has 0 aliphatic rings. The molecule has 2 heterocycles. The molecule has 17 heavy (non-hydrogen) atoms. The minimum absolute atomic E-state index is 0.408. The molecule has 4 nitrogen and oxygen atoms in total. The van der Waals surface area contributed by atoms with Crippen molar-refractivity contribution in [2.75, 3.05) is 5.43 Å². The fourth-order valence-electron chi connectivity index (χ4n) is 1.20. The molecule has 0 aliphatic heterocycles. The van der Waals surface area contributed by atoms with Crippen molar-refractivity contribution < 1.29 is 4.42 Å². The number of hydrogen-bond donors (Lipinski definition) is 1. The van der Waals surface area contributed by atoms with Gasteiger partial charge in [-0.15, -0.1) is 0 Å². The monoisotopic (exact) mass is 269 g/mol. The normalized spacial score (nSPS) is 11.0. The zero-order valence-electron chi connectivity index (χ0n) is 8.95. The number of rotatable bonds is 3. The van der Waals surface area contributed by atoms with Crippen LogP contribution >= 0.6 is 23.2 Å². The highest BCUT2D eigenvalue weighted by molar-refractivity contribution is 6.38. The number of hydrazone groups is 1. The molecule has 0 aromatic carbocycles. The fraction of sp³-hybridized carbons (Fsp3) is 0.0909. The summed E-state index contributed by atoms with van der Waals surface area (Å²) in [5, 5.41) is 4.80. The molecule has 0 fully saturated rings. The number of aromatic nitrogens is 1. The van der Waals surface area contributed by atoms with Crippen LogP contribution in [0.4, 0.5) is 5.69 Å². The van der Waals surface area contributed by atoms with Crippen LogP contribution in [-0.4, -0.2) is 11.2 Å². The highest BCUT2D eigenvalue weighted by Gasteiger charge is 2.04. The Morgan fingerprint density at radius 2 is 2.00 bits per heavy atom. The summed E-state index contributed by atoms with van der Waals surface area (Å²) in [4.78, 5) is 3.84. The lowest BCUT2D eigenvalue weighted by Gasteiger charge is -2.03. The zero-order chi connectivity index (χ0) is 12.3. The molecule has 0 bridgehead atoms. The lowest BCUT2D eigenvalue weighted by molar-refractivity contribution is 0.528. The van der Waals surface area contributed by atoms with Crippen molar-refractivity contribution >= 4 is 35.1 Å². The smallest absolute Gasteiger partial charge is 0.147 e. The van der Waals surface area contributed by atoms with E-state index in [1.165, 1.54) is 12.4 Å². The molecular weight excluding hydrogens is 261 g/mol. The largest absolute Gasteiger partial charge is 0.460 e. The fourth-order valence-corrected chi connectivity index (χ4v) is 1.65. The van der Waals surface area contributed by atoms with Gasteiger partial charge in [-0.2, -0.15) is 5.10 Å². The molecule has 1 N–H and O–H groups in total. The number of nitrogens with one attached hydrogen (secondary N) is 1. The average molecular weight is 270 g/mol. The van der Waals surface area contributed by atoms with Gasteiger partial charge >= 0.3 is 0 Å². The molecule has 2 aromatic heterocycles. The first-order chi connectivity index (χ1) is 8.16. The van der Waals surface area contributed by atoms with E-state index in [9.17, 15) is 0 Å². The van der Waals surface area contributed by atoms with Crippen LogP contribution in [0.5, 0.6) is 0 Å². The lowest BCUT2D eigenvalue weighted by Crippen LogP contribution is -1.92. The van der Waals surface area contributed by atoms with Crippen molar-refractivity contribution in [3.05, 3.63) is 46.1 Å². The standard InChI is InChI=1S/C11H9Cl2N3O/c1-7-2-3-8(17-7)4-15-16-11-9(12)5-14-6-10(11)13/h2-6H,1H3,(H,14,16)/b15-4+. The first-order valence-corrected chi connectivity index (χ1v) is 5.57. The first kappa shape index (κ1) is 12.0. The van der Waals surface area contributed by atoms with Crippen LogP contribution in [-0.2, 0) is 0 Å². The summed E-state index contributed by atoms with van der Waals surface area (Å²) in [5.74, 6) is 1.47. The molecule has 0 saturated carbocycles. The lowest BCUT2D eigenvalue weighted by atomic mass is 10.4. The molecule has 88 valence electrons. The van der Waals surface area contributed by atoms with Gasteiger partial charge in [0, 0.05) is 12.4 Å². The molecule has 0 spiro atoms. The number of pyridine rings is 1. The van der Waals surface area contributed by atoms with Gasteiger partial charge in [-0.25, -0.2) is 0 Å². The Morgan fingerprint density at radius 3 is 2.59 bits per heavy atom. The van der Waals surface area contributed by atoms with Gasteiger partial charge in [0.2, 0.25) is 0 Å². The second-order valence-electron chi connectivity index (χ2n) is 3.30. The zero-order valence-corrected chi connectivity index (χ0v) is 10.5. The molecule has 0 saturated heterocycles. The van der Waals surface area contributed by atoms with E-state index in [2.05, 4.69) is 15.5 Å². The third kappa shape index (κ3) is 2.99. The summed E-state index contributed by atoms with van der Waals surface area (Å²) in [7, 11) is 0. The minimum atomic E-state index is 0.408. The van der Waals surface area contributed by atoms with E-state index in [1.807, 2.05) is 19.1 Å². The topological polar surface area (TPSA) is 50.4 Å². The maximum atomic E-state index is 5.91. The highest BCUT2D eigenvalue weighted by atomic mass is 35.5. The Hall–Kier alpha value is -1.52. The molecule has 6 heteroatoms. The molecule has 2 aromatic rings. The van der Waals surface area contributed by atoms with Gasteiger partial charge in [0.1, 0.15) is 11.5 Å². The number of aryl methyl sites for hydroxylation is 1. The summed E-state index contributed by atoms with van der Waals surface area (Å²) in [5.41, 5.74) is 3.26. The summed E-state index contributed by atoms with van der Waals surface area (Å²) in [6.07, 6.45) is 4.52. The van der Waals surface area contributed by atoms with Gasteiger partial charge in [0.05, 0.1) is 21.9 Å². The van der Waals surface area contributed by atoms with Crippen molar-refractivity contribution in [1.82, 2.24) is 4.98 Å². The van der Waals surface area contributed by atoms with Crippen LogP contribution in [0.2, 0.25) is 10.0 Å². The van der Waals surface area contributed by atoms with Gasteiger partial charge in [0.25, 0.3) is 0 Å². The highest BCUT2D eigenvalue weighted by Crippen LogP contribution is 2.28. The van der Waals surface area contributed by atoms with E-state index in [0.717, 1.165) is 5.76 Å². The number of anilines is 1. The van der Waals surface area contributed by atoms with E-state index in [-0.39, 0.29) is 0 Å². The Balaban J connectivity index is 2.10. The van der Waals surface area contributed by atoms with E-state index < -0.39 is 0 Å². The van der Waals surface area contributed by atoms with E-state index in [4.69, 9.17) is 27.6 Å². The molecule has 0 unspecified atom stereocenters. The molecule has 0 aliphatic carbocycles. The predicted molar refractivity (Wildman–Crippen MR) is 68.9 cm³/mol. The van der Waals surface area contributed by atoms with Gasteiger partial charge in [-0.1, -0.05) is 23.2 Å². The van der Waals surface area contributed by atoms with Crippen molar-refractivity contribution in [3.63, 3.8) is 0 Å². The van der Waals surface area contributed by atoms with E-state index >= 15 is 0 Å². The third-order valence-electron chi connectivity index (χ3n) is 1.98. The van der Waals surface area contributed by atoms with Crippen molar-refractivity contribution in [1.29, 1.82) is 0 Å². The van der Waals surface area contributed by atoms with Crippen molar-refractivity contribution in [2.24, 2.45) is 5.10 Å². The predicted octanol–water partition coefficient (Wildman–Crippen LogP) is 3.74. The van der Waals surface area contributed by atoms with Gasteiger partial charge in [-0.05, 0) is 19.1 Å². The van der Waals surface area contributed by atoms with E-state index in [1.54, 1.807) is 6.21 Å². The molecular formula is C11H9Cl2N3O. The van der Waals surface area contributed by atoms with Crippen LogP contribution in [0.3, 0.4) is 0 Å². The van der Waals surface area contributed by atoms with E-state index in [0.29, 0.717) is 21.5 Å². The quantitative estimate of drug-likeness (QED) is 0.682. The summed E-state index contributed by atoms with van der Waals surface area (Å²) >= 11 is 11.8. The SMILES string of the molecule is Cc1ccc(/C=N/Nc2c(Cl)cncc2Cl)o1. The average Bonchev–Trinajstić information content (AvgIpc) is 2.69. The second kappa shape index (κ2) is 5.21. The third-order valence-corrected chi connectivity index (χ3v) is 2.56. The molecule has 0 amide bonds. The Kier molecular flexibility index (Phi) is 3.66. The maximum absolute atomic E-state index is 5.91. The van der Waals surface area contributed by atoms with Gasteiger partial charge < -0.3 is 4.42 Å². The van der Waals surface area contributed by atoms with Crippen LogP contribution in [0.1, 0.15) is 11.5 Å². The molecule has 2 rings (SSSR count). The Bertz CT molecular complexity index is 531. The number of furan rings is 1. The van der Waals surface area contributed by atoms with Crippen LogP contribution in [0.25, 0.3) is 0 Å². The Labute approximate surface area is 108 Å². The maximum Gasteiger partial charge on any atom is 0.147 e. The second-order valence-corrected chi connectivity index (χ2v) is 4.11. The Morgan fingerprint density at radius 1 is 1.29 bits per heavy atom. The van der Waals surface area contributed by atoms with Crippen molar-refractivity contribution in [3.8, 4) is 0 Å². The van der Waals surface area contributed by atoms with Crippen LogP contribution in [0, 0.1) is 6.92 Å². The summed E-state index contributed by atoms with van der Waals surface area (Å²) < 4.78 is 5.31. The van der Waals surface area contributed by atoms with Crippen molar-refractivity contribution in [2.45, 2.75) is 6.92 Å². The van der Waals surface area contributed by atoms with Crippen LogP contribution in [0.15, 0.2) is 34.0 Å². The molecule has 0 atom stereocenters. The first-order valence-electron chi connectivity index (χ1n) is 4.81. The summed E-state index contributed by atoms with van der Waals surface area (Å²) in [6, 6.07) is 3.67. The van der Waals surface area contributed by atoms with Gasteiger partial charge in [-0.3, -0.25) is 10.4 Å².